The van der Waals surface area contributed by atoms with Gasteiger partial charge in [-0.1, -0.05) is 48.5 Å². The Kier molecular flexibility index (Phi) is 6.94. The van der Waals surface area contributed by atoms with Crippen molar-refractivity contribution in [3.8, 4) is 34.0 Å². The molecule has 8 heteroatoms. The van der Waals surface area contributed by atoms with Crippen molar-refractivity contribution in [2.45, 2.75) is 20.4 Å². The molecule has 0 radical (unpaired) electrons. The van der Waals surface area contributed by atoms with Gasteiger partial charge >= 0.3 is 0 Å². The summed E-state index contributed by atoms with van der Waals surface area (Å²) in [5, 5.41) is 15.4. The summed E-state index contributed by atoms with van der Waals surface area (Å²) in [6.45, 7) is 4.81. The molecule has 8 nitrogen and oxygen atoms in total. The number of rotatable bonds is 9. The molecule has 1 aromatic heterocycles. The molecular weight excluding hydrogens is 418 g/mol. The number of hydrogen-bond acceptors (Lipinski definition) is 6. The van der Waals surface area contributed by atoms with Gasteiger partial charge in [-0.3, -0.25) is 4.79 Å². The average molecular weight is 444 g/mol. The lowest BCUT2D eigenvalue weighted by atomic mass is 10.0. The zero-order valence-corrected chi connectivity index (χ0v) is 18.6. The van der Waals surface area contributed by atoms with Gasteiger partial charge in [0, 0.05) is 16.8 Å². The summed E-state index contributed by atoms with van der Waals surface area (Å²) in [5.74, 6) is 1.43. The van der Waals surface area contributed by atoms with Gasteiger partial charge < -0.3 is 14.8 Å². The van der Waals surface area contributed by atoms with Crippen LogP contribution >= 0.6 is 0 Å². The van der Waals surface area contributed by atoms with Crippen molar-refractivity contribution in [3.05, 3.63) is 72.8 Å². The predicted molar refractivity (Wildman–Crippen MR) is 126 cm³/mol. The van der Waals surface area contributed by atoms with E-state index in [1.54, 1.807) is 0 Å². The van der Waals surface area contributed by atoms with E-state index < -0.39 is 0 Å². The molecule has 0 atom stereocenters. The van der Waals surface area contributed by atoms with E-state index in [2.05, 4.69) is 20.7 Å². The van der Waals surface area contributed by atoms with Gasteiger partial charge in [0.1, 0.15) is 6.54 Å². The van der Waals surface area contributed by atoms with E-state index in [4.69, 9.17) is 9.47 Å². The standard InChI is InChI=1S/C25H25N5O3/c1-3-32-22-15-14-19(16-23(22)33-4-2)25-27-29-30(28-25)17-24(31)26-21-13-9-8-12-20(21)18-10-6-5-7-11-18/h5-16H,3-4,17H2,1-2H3,(H,26,31). The third-order valence-corrected chi connectivity index (χ3v) is 4.83. The molecule has 0 bridgehead atoms. The third kappa shape index (κ3) is 5.35. The smallest absolute Gasteiger partial charge is 0.248 e. The summed E-state index contributed by atoms with van der Waals surface area (Å²) >= 11 is 0. The minimum Gasteiger partial charge on any atom is -0.490 e. The van der Waals surface area contributed by atoms with Gasteiger partial charge in [0.15, 0.2) is 11.5 Å². The second-order valence-electron chi connectivity index (χ2n) is 7.13. The third-order valence-electron chi connectivity index (χ3n) is 4.83. The Morgan fingerprint density at radius 1 is 0.879 bits per heavy atom. The van der Waals surface area contributed by atoms with E-state index >= 15 is 0 Å². The van der Waals surface area contributed by atoms with Crippen molar-refractivity contribution in [3.63, 3.8) is 0 Å². The molecule has 33 heavy (non-hydrogen) atoms. The maximum Gasteiger partial charge on any atom is 0.248 e. The highest BCUT2D eigenvalue weighted by Crippen LogP contribution is 2.31. The average Bonchev–Trinajstić information content (AvgIpc) is 3.30. The number of nitrogens with zero attached hydrogens (tertiary/aromatic N) is 4. The first kappa shape index (κ1) is 22.0. The fourth-order valence-electron chi connectivity index (χ4n) is 3.40. The number of tetrazole rings is 1. The van der Waals surface area contributed by atoms with Crippen LogP contribution in [-0.2, 0) is 11.3 Å². The quantitative estimate of drug-likeness (QED) is 0.411. The highest BCUT2D eigenvalue weighted by Gasteiger charge is 2.14. The number of para-hydroxylation sites is 1. The van der Waals surface area contributed by atoms with Crippen molar-refractivity contribution in [1.82, 2.24) is 20.2 Å². The number of nitrogens with one attached hydrogen (secondary N) is 1. The number of ether oxygens (including phenoxy) is 2. The van der Waals surface area contributed by atoms with Crippen LogP contribution in [0.4, 0.5) is 5.69 Å². The molecule has 0 spiro atoms. The molecule has 4 aromatic rings. The summed E-state index contributed by atoms with van der Waals surface area (Å²) in [7, 11) is 0. The number of aromatic nitrogens is 4. The second-order valence-corrected chi connectivity index (χ2v) is 7.13. The van der Waals surface area contributed by atoms with Crippen molar-refractivity contribution in [2.75, 3.05) is 18.5 Å². The summed E-state index contributed by atoms with van der Waals surface area (Å²) < 4.78 is 11.3. The highest BCUT2D eigenvalue weighted by molar-refractivity contribution is 5.95. The maximum absolute atomic E-state index is 12.7. The van der Waals surface area contributed by atoms with Gasteiger partial charge in [0.25, 0.3) is 0 Å². The molecular formula is C25H25N5O3. The summed E-state index contributed by atoms with van der Waals surface area (Å²) in [6, 6.07) is 23.0. The Morgan fingerprint density at radius 3 is 2.39 bits per heavy atom. The first-order valence-electron chi connectivity index (χ1n) is 10.8. The van der Waals surface area contributed by atoms with Crippen LogP contribution in [-0.4, -0.2) is 39.3 Å². The van der Waals surface area contributed by atoms with Gasteiger partial charge in [0.2, 0.25) is 11.7 Å². The van der Waals surface area contributed by atoms with Crippen LogP contribution in [0.25, 0.3) is 22.5 Å². The Balaban J connectivity index is 1.48. The highest BCUT2D eigenvalue weighted by atomic mass is 16.5. The van der Waals surface area contributed by atoms with Crippen molar-refractivity contribution >= 4 is 11.6 Å². The fraction of sp³-hybridized carbons (Fsp3) is 0.200. The van der Waals surface area contributed by atoms with E-state index in [0.717, 1.165) is 22.4 Å². The Bertz CT molecular complexity index is 1220. The number of carbonyl (C=O) groups is 1. The van der Waals surface area contributed by atoms with Crippen molar-refractivity contribution in [2.24, 2.45) is 0 Å². The lowest BCUT2D eigenvalue weighted by Gasteiger charge is -2.11. The van der Waals surface area contributed by atoms with Crippen LogP contribution in [0.2, 0.25) is 0 Å². The largest absolute Gasteiger partial charge is 0.490 e. The monoisotopic (exact) mass is 443 g/mol. The van der Waals surface area contributed by atoms with E-state index in [9.17, 15) is 4.79 Å². The van der Waals surface area contributed by atoms with E-state index in [1.165, 1.54) is 4.80 Å². The zero-order chi connectivity index (χ0) is 23.0. The lowest BCUT2D eigenvalue weighted by Crippen LogP contribution is -2.20. The molecule has 168 valence electrons. The van der Waals surface area contributed by atoms with Gasteiger partial charge in [0.05, 0.1) is 13.2 Å². The second kappa shape index (κ2) is 10.4. The molecule has 0 aliphatic rings. The number of anilines is 1. The Labute approximate surface area is 192 Å². The SMILES string of the molecule is CCOc1ccc(-c2nnn(CC(=O)Nc3ccccc3-c3ccccc3)n2)cc1OCC. The molecule has 1 heterocycles. The van der Waals surface area contributed by atoms with Crippen LogP contribution in [0.15, 0.2) is 72.8 Å². The van der Waals surface area contributed by atoms with Crippen molar-refractivity contribution < 1.29 is 14.3 Å². The number of carbonyl (C=O) groups excluding carboxylic acids is 1. The van der Waals surface area contributed by atoms with Gasteiger partial charge in [-0.05, 0) is 48.9 Å². The first-order chi connectivity index (χ1) is 16.2. The first-order valence-corrected chi connectivity index (χ1v) is 10.8. The molecule has 0 saturated carbocycles. The number of amides is 1. The minimum atomic E-state index is -0.246. The van der Waals surface area contributed by atoms with Crippen LogP contribution in [0.5, 0.6) is 11.5 Å². The summed E-state index contributed by atoms with van der Waals surface area (Å²) in [5.41, 5.74) is 3.41. The Morgan fingerprint density at radius 2 is 1.61 bits per heavy atom. The molecule has 1 N–H and O–H groups in total. The summed E-state index contributed by atoms with van der Waals surface area (Å²) in [6.07, 6.45) is 0. The molecule has 0 aliphatic heterocycles. The van der Waals surface area contributed by atoms with Gasteiger partial charge in [-0.15, -0.1) is 10.2 Å². The number of hydrogen-bond donors (Lipinski definition) is 1. The fourth-order valence-corrected chi connectivity index (χ4v) is 3.40. The zero-order valence-electron chi connectivity index (χ0n) is 18.6. The van der Waals surface area contributed by atoms with Gasteiger partial charge in [-0.2, -0.15) is 4.80 Å². The van der Waals surface area contributed by atoms with Crippen molar-refractivity contribution in [1.29, 1.82) is 0 Å². The van der Waals surface area contributed by atoms with Gasteiger partial charge in [-0.25, -0.2) is 0 Å². The Hall–Kier alpha value is -4.20. The summed E-state index contributed by atoms with van der Waals surface area (Å²) in [4.78, 5) is 14.0. The molecule has 4 rings (SSSR count). The molecule has 0 aliphatic carbocycles. The molecule has 0 saturated heterocycles. The van der Waals surface area contributed by atoms with Crippen LogP contribution in [0.3, 0.4) is 0 Å². The normalized spacial score (nSPS) is 10.6. The number of benzene rings is 3. The van der Waals surface area contributed by atoms with E-state index in [1.807, 2.05) is 86.6 Å². The minimum absolute atomic E-state index is 0.0640. The van der Waals surface area contributed by atoms with E-state index in [0.29, 0.717) is 30.5 Å². The van der Waals surface area contributed by atoms with Crippen LogP contribution < -0.4 is 14.8 Å². The topological polar surface area (TPSA) is 91.2 Å². The lowest BCUT2D eigenvalue weighted by molar-refractivity contribution is -0.117. The molecule has 0 fully saturated rings. The van der Waals surface area contributed by atoms with Crippen LogP contribution in [0.1, 0.15) is 13.8 Å². The maximum atomic E-state index is 12.7. The molecule has 1 amide bonds. The molecule has 0 unspecified atom stereocenters. The predicted octanol–water partition coefficient (Wildman–Crippen LogP) is 4.44. The van der Waals surface area contributed by atoms with E-state index in [-0.39, 0.29) is 12.5 Å². The van der Waals surface area contributed by atoms with Crippen LogP contribution in [0, 0.1) is 0 Å². The molecule has 3 aromatic carbocycles.